The summed E-state index contributed by atoms with van der Waals surface area (Å²) in [6.07, 6.45) is 4.32. The lowest BCUT2D eigenvalue weighted by molar-refractivity contribution is -0.0985. The lowest BCUT2D eigenvalue weighted by Crippen LogP contribution is -2.44. The summed E-state index contributed by atoms with van der Waals surface area (Å²) >= 11 is 0. The normalized spacial score (nSPS) is 20.5. The zero-order valence-corrected chi connectivity index (χ0v) is 10.8. The number of hydrogen-bond donors (Lipinski definition) is 1. The van der Waals surface area contributed by atoms with Gasteiger partial charge in [0.05, 0.1) is 13.2 Å². The van der Waals surface area contributed by atoms with Crippen LogP contribution < -0.4 is 4.90 Å². The molecule has 0 bridgehead atoms. The third-order valence-corrected chi connectivity index (χ3v) is 4.15. The molecule has 4 rings (SSSR count). The standard InChI is InChI=1S/C13H14N4O3/c18-12(19)9-10-14-3-1-4-17(10)15-11(9)16-5-2-13(6-16)7-20-8-13/h1,3-4H,2,5-8H2,(H,18,19). The van der Waals surface area contributed by atoms with Crippen LogP contribution >= 0.6 is 0 Å². The molecule has 104 valence electrons. The van der Waals surface area contributed by atoms with Gasteiger partial charge in [0.2, 0.25) is 0 Å². The summed E-state index contributed by atoms with van der Waals surface area (Å²) in [6, 6.07) is 1.74. The number of fused-ring (bicyclic) bond motifs is 1. The highest BCUT2D eigenvalue weighted by Gasteiger charge is 2.45. The predicted molar refractivity (Wildman–Crippen MR) is 70.0 cm³/mol. The van der Waals surface area contributed by atoms with Crippen molar-refractivity contribution in [2.24, 2.45) is 5.41 Å². The van der Waals surface area contributed by atoms with Gasteiger partial charge in [0.25, 0.3) is 0 Å². The van der Waals surface area contributed by atoms with Gasteiger partial charge in [-0.25, -0.2) is 14.3 Å². The first-order valence-corrected chi connectivity index (χ1v) is 6.58. The molecule has 2 aliphatic heterocycles. The van der Waals surface area contributed by atoms with E-state index in [1.54, 1.807) is 18.5 Å². The first kappa shape index (κ1) is 11.7. The number of nitrogens with zero attached hydrogens (tertiary/aromatic N) is 4. The fourth-order valence-corrected chi connectivity index (χ4v) is 3.03. The van der Waals surface area contributed by atoms with Gasteiger partial charge in [0.1, 0.15) is 5.56 Å². The van der Waals surface area contributed by atoms with E-state index in [2.05, 4.69) is 10.1 Å². The first-order valence-electron chi connectivity index (χ1n) is 6.58. The first-order chi connectivity index (χ1) is 9.69. The zero-order chi connectivity index (χ0) is 13.7. The molecule has 20 heavy (non-hydrogen) atoms. The van der Waals surface area contributed by atoms with E-state index in [-0.39, 0.29) is 11.0 Å². The van der Waals surface area contributed by atoms with Gasteiger partial charge in [-0.05, 0) is 12.5 Å². The SMILES string of the molecule is O=C(O)c1c(N2CCC3(COC3)C2)nn2cccnc12. The third kappa shape index (κ3) is 1.53. The molecule has 2 aliphatic rings. The summed E-state index contributed by atoms with van der Waals surface area (Å²) in [5, 5.41) is 13.9. The van der Waals surface area contributed by atoms with Gasteiger partial charge in [0, 0.05) is 30.9 Å². The fraction of sp³-hybridized carbons (Fsp3) is 0.462. The van der Waals surface area contributed by atoms with Gasteiger partial charge < -0.3 is 14.7 Å². The number of aromatic nitrogens is 3. The Labute approximate surface area is 114 Å². The van der Waals surface area contributed by atoms with Crippen molar-refractivity contribution in [2.75, 3.05) is 31.2 Å². The van der Waals surface area contributed by atoms with Gasteiger partial charge in [0.15, 0.2) is 11.5 Å². The Kier molecular flexibility index (Phi) is 2.29. The molecule has 0 radical (unpaired) electrons. The van der Waals surface area contributed by atoms with Crippen molar-refractivity contribution in [2.45, 2.75) is 6.42 Å². The molecule has 0 aliphatic carbocycles. The van der Waals surface area contributed by atoms with Crippen molar-refractivity contribution >= 4 is 17.4 Å². The van der Waals surface area contributed by atoms with E-state index in [0.29, 0.717) is 11.5 Å². The van der Waals surface area contributed by atoms with Crippen molar-refractivity contribution in [3.8, 4) is 0 Å². The summed E-state index contributed by atoms with van der Waals surface area (Å²) in [5.41, 5.74) is 0.766. The van der Waals surface area contributed by atoms with Gasteiger partial charge >= 0.3 is 5.97 Å². The molecule has 0 saturated carbocycles. The minimum Gasteiger partial charge on any atom is -0.477 e. The van der Waals surface area contributed by atoms with Crippen molar-refractivity contribution < 1.29 is 14.6 Å². The fourth-order valence-electron chi connectivity index (χ4n) is 3.03. The number of carboxylic acid groups (broad SMARTS) is 1. The van der Waals surface area contributed by atoms with Gasteiger partial charge in [-0.2, -0.15) is 0 Å². The van der Waals surface area contributed by atoms with Crippen LogP contribution in [0.5, 0.6) is 0 Å². The Morgan fingerprint density at radius 1 is 1.45 bits per heavy atom. The molecule has 2 aromatic rings. The molecule has 2 saturated heterocycles. The second-order valence-electron chi connectivity index (χ2n) is 5.56. The van der Waals surface area contributed by atoms with Crippen LogP contribution in [-0.4, -0.2) is 52.0 Å². The van der Waals surface area contributed by atoms with E-state index in [1.807, 2.05) is 4.90 Å². The second-order valence-corrected chi connectivity index (χ2v) is 5.56. The summed E-state index contributed by atoms with van der Waals surface area (Å²) < 4.78 is 6.83. The predicted octanol–water partition coefficient (Wildman–Crippen LogP) is 0.654. The molecule has 0 unspecified atom stereocenters. The Morgan fingerprint density at radius 3 is 2.95 bits per heavy atom. The lowest BCUT2D eigenvalue weighted by atomic mass is 9.85. The molecule has 0 aromatic carbocycles. The number of rotatable bonds is 2. The van der Waals surface area contributed by atoms with E-state index in [4.69, 9.17) is 4.74 Å². The van der Waals surface area contributed by atoms with E-state index < -0.39 is 5.97 Å². The Bertz CT molecular complexity index is 692. The molecule has 7 heteroatoms. The highest BCUT2D eigenvalue weighted by Crippen LogP contribution is 2.40. The number of ether oxygens (including phenoxy) is 1. The van der Waals surface area contributed by atoms with Crippen molar-refractivity contribution in [3.05, 3.63) is 24.0 Å². The number of carboxylic acids is 1. The zero-order valence-electron chi connectivity index (χ0n) is 10.8. The number of carbonyl (C=O) groups is 1. The van der Waals surface area contributed by atoms with E-state index in [0.717, 1.165) is 32.7 Å². The number of anilines is 1. The molecular formula is C13H14N4O3. The van der Waals surface area contributed by atoms with Gasteiger partial charge in [-0.3, -0.25) is 0 Å². The lowest BCUT2D eigenvalue weighted by Gasteiger charge is -2.37. The van der Waals surface area contributed by atoms with Crippen LogP contribution in [0.25, 0.3) is 5.65 Å². The molecule has 0 atom stereocenters. The van der Waals surface area contributed by atoms with Crippen molar-refractivity contribution in [1.82, 2.24) is 14.6 Å². The minimum atomic E-state index is -0.987. The molecule has 4 heterocycles. The summed E-state index contributed by atoms with van der Waals surface area (Å²) in [7, 11) is 0. The average molecular weight is 274 g/mol. The molecular weight excluding hydrogens is 260 g/mol. The average Bonchev–Trinajstić information content (AvgIpc) is 2.99. The van der Waals surface area contributed by atoms with E-state index in [9.17, 15) is 9.90 Å². The highest BCUT2D eigenvalue weighted by molar-refractivity contribution is 6.00. The highest BCUT2D eigenvalue weighted by atomic mass is 16.5. The topological polar surface area (TPSA) is 80.0 Å². The van der Waals surface area contributed by atoms with Crippen LogP contribution in [0.4, 0.5) is 5.82 Å². The van der Waals surface area contributed by atoms with Crippen molar-refractivity contribution in [1.29, 1.82) is 0 Å². The smallest absolute Gasteiger partial charge is 0.343 e. The van der Waals surface area contributed by atoms with Crippen LogP contribution in [0.3, 0.4) is 0 Å². The molecule has 0 amide bonds. The molecule has 7 nitrogen and oxygen atoms in total. The minimum absolute atomic E-state index is 0.183. The molecule has 2 fully saturated rings. The summed E-state index contributed by atoms with van der Waals surface area (Å²) in [4.78, 5) is 17.7. The van der Waals surface area contributed by atoms with Crippen LogP contribution in [-0.2, 0) is 4.74 Å². The Hall–Kier alpha value is -2.15. The molecule has 1 spiro atoms. The van der Waals surface area contributed by atoms with Crippen LogP contribution in [0, 0.1) is 5.41 Å². The maximum absolute atomic E-state index is 11.6. The maximum Gasteiger partial charge on any atom is 0.343 e. The van der Waals surface area contributed by atoms with E-state index in [1.165, 1.54) is 4.52 Å². The monoisotopic (exact) mass is 274 g/mol. The van der Waals surface area contributed by atoms with Gasteiger partial charge in [-0.15, -0.1) is 5.10 Å². The third-order valence-electron chi connectivity index (χ3n) is 4.15. The quantitative estimate of drug-likeness (QED) is 0.866. The summed E-state index contributed by atoms with van der Waals surface area (Å²) in [6.45, 7) is 3.14. The largest absolute Gasteiger partial charge is 0.477 e. The van der Waals surface area contributed by atoms with Gasteiger partial charge in [-0.1, -0.05) is 0 Å². The second kappa shape index (κ2) is 3.92. The van der Waals surface area contributed by atoms with Crippen LogP contribution in [0.1, 0.15) is 16.8 Å². The summed E-state index contributed by atoms with van der Waals surface area (Å²) in [5.74, 6) is -0.473. The van der Waals surface area contributed by atoms with Crippen molar-refractivity contribution in [3.63, 3.8) is 0 Å². The Morgan fingerprint density at radius 2 is 2.30 bits per heavy atom. The van der Waals surface area contributed by atoms with Crippen LogP contribution in [0.15, 0.2) is 18.5 Å². The maximum atomic E-state index is 11.6. The Balaban J connectivity index is 1.79. The molecule has 1 N–H and O–H groups in total. The number of aromatic carboxylic acids is 1. The van der Waals surface area contributed by atoms with E-state index >= 15 is 0 Å². The molecule has 2 aromatic heterocycles. The number of hydrogen-bond acceptors (Lipinski definition) is 5. The van der Waals surface area contributed by atoms with Crippen LogP contribution in [0.2, 0.25) is 0 Å².